The Labute approximate surface area is 246 Å². The van der Waals surface area contributed by atoms with Gasteiger partial charge in [-0.15, -0.1) is 0 Å². The molecule has 7 heterocycles. The fraction of sp³-hybridized carbons (Fsp3) is 0.500. The molecule has 0 amide bonds. The number of fused-ring (bicyclic) bond motifs is 5. The van der Waals surface area contributed by atoms with Crippen molar-refractivity contribution in [1.29, 1.82) is 0 Å². The molecule has 3 aliphatic rings. The van der Waals surface area contributed by atoms with E-state index in [1.54, 1.807) is 4.57 Å². The van der Waals surface area contributed by atoms with Crippen LogP contribution in [0.1, 0.15) is 25.3 Å². The van der Waals surface area contributed by atoms with Gasteiger partial charge in [0.2, 0.25) is 5.95 Å². The SMILES string of the molecule is Nc1nc2c(ncn2[C@H]2O[C@@H]3COS(=O)(=O)N[C@H]4C[C@H](n5cnc6c(N)ncnc65)O[C@@H]4COP(O)(=S)O[C@@H]2C3)c(=O)[nH]1. The Bertz CT molecular complexity index is 1930. The molecule has 23 heteroatoms. The number of imidazole rings is 2. The smallest absolute Gasteiger partial charge is 0.336 e. The number of hydrogen-bond acceptors (Lipinski definition) is 16. The quantitative estimate of drug-likeness (QED) is 0.154. The molecule has 4 aromatic heterocycles. The van der Waals surface area contributed by atoms with Gasteiger partial charge in [0.15, 0.2) is 28.9 Å². The summed E-state index contributed by atoms with van der Waals surface area (Å²) in [6.45, 7) is -4.72. The molecule has 0 aromatic carbocycles. The molecule has 0 spiro atoms. The Morgan fingerprint density at radius 3 is 2.65 bits per heavy atom. The summed E-state index contributed by atoms with van der Waals surface area (Å²) in [6.07, 6.45) is -0.360. The Morgan fingerprint density at radius 2 is 1.81 bits per heavy atom. The number of nitrogen functional groups attached to an aromatic ring is 2. The summed E-state index contributed by atoms with van der Waals surface area (Å²) in [5, 5.41) is 0. The highest BCUT2D eigenvalue weighted by molar-refractivity contribution is 8.07. The van der Waals surface area contributed by atoms with E-state index in [4.69, 9.17) is 46.0 Å². The van der Waals surface area contributed by atoms with Gasteiger partial charge in [-0.1, -0.05) is 0 Å². The van der Waals surface area contributed by atoms with Gasteiger partial charge in [0.25, 0.3) is 5.56 Å². The van der Waals surface area contributed by atoms with E-state index in [-0.39, 0.29) is 42.4 Å². The van der Waals surface area contributed by atoms with Gasteiger partial charge < -0.3 is 34.9 Å². The molecule has 0 aliphatic carbocycles. The first-order valence-corrected chi connectivity index (χ1v) is 16.7. The summed E-state index contributed by atoms with van der Waals surface area (Å²) in [7, 11) is -4.34. The lowest BCUT2D eigenvalue weighted by Gasteiger charge is -2.26. The van der Waals surface area contributed by atoms with Crippen molar-refractivity contribution >= 4 is 62.9 Å². The first kappa shape index (κ1) is 28.6. The normalized spacial score (nSPS) is 33.1. The molecule has 3 aliphatic heterocycles. The zero-order chi connectivity index (χ0) is 30.1. The molecule has 1 unspecified atom stereocenters. The Morgan fingerprint density at radius 1 is 1.02 bits per heavy atom. The average molecular weight is 658 g/mol. The van der Waals surface area contributed by atoms with Gasteiger partial charge in [0.1, 0.15) is 30.3 Å². The maximum atomic E-state index is 13.0. The average Bonchev–Trinajstić information content (AvgIpc) is 3.71. The first-order valence-electron chi connectivity index (χ1n) is 12.7. The minimum Gasteiger partial charge on any atom is -0.382 e. The van der Waals surface area contributed by atoms with Crippen LogP contribution in [0.2, 0.25) is 0 Å². The van der Waals surface area contributed by atoms with Crippen molar-refractivity contribution in [2.24, 2.45) is 0 Å². The van der Waals surface area contributed by atoms with Gasteiger partial charge in [-0.2, -0.15) is 18.1 Å². The zero-order valence-corrected chi connectivity index (χ0v) is 24.3. The topological polar surface area (TPSA) is 272 Å². The Kier molecular flexibility index (Phi) is 6.96. The lowest BCUT2D eigenvalue weighted by atomic mass is 10.1. The second-order valence-electron chi connectivity index (χ2n) is 9.98. The van der Waals surface area contributed by atoms with Gasteiger partial charge in [-0.25, -0.2) is 19.9 Å². The Hall–Kier alpha value is -3.18. The molecule has 7 N–H and O–H groups in total. The number of aromatic amines is 1. The summed E-state index contributed by atoms with van der Waals surface area (Å²) < 4.78 is 60.4. The van der Waals surface area contributed by atoms with E-state index in [0.717, 1.165) is 0 Å². The second kappa shape index (κ2) is 10.5. The molecule has 43 heavy (non-hydrogen) atoms. The summed E-state index contributed by atoms with van der Waals surface area (Å²) in [5.41, 5.74) is 11.8. The van der Waals surface area contributed by atoms with E-state index in [1.807, 2.05) is 0 Å². The molecule has 0 radical (unpaired) electrons. The molecule has 3 saturated heterocycles. The largest absolute Gasteiger partial charge is 0.382 e. The summed E-state index contributed by atoms with van der Waals surface area (Å²) in [4.78, 5) is 46.3. The second-order valence-corrected chi connectivity index (χ2v) is 14.1. The maximum Gasteiger partial charge on any atom is 0.336 e. The standard InChI is InChI=1S/C20H24N11O9PS2/c21-15-13-16(24-5-23-15)30(6-25-13)12-2-9-11(39-12)4-36-41(33,42)40-10-1-8(3-37-43(34,35)29-9)38-19(10)31-7-26-14-17(31)27-20(22)28-18(14)32/h5-12,19,29H,1-4H2,(H,33,42)(H2,21,23,24)(H3,22,27,28,32)/t8-,9-,10+,11+,12+,19-,41?/m0/s1. The molecule has 20 nitrogen and oxygen atoms in total. The first-order chi connectivity index (χ1) is 20.5. The lowest BCUT2D eigenvalue weighted by molar-refractivity contribution is -0.0486. The van der Waals surface area contributed by atoms with Gasteiger partial charge in [-0.05, 0) is 11.8 Å². The van der Waals surface area contributed by atoms with E-state index in [1.165, 1.54) is 23.5 Å². The molecule has 4 aromatic rings. The predicted molar refractivity (Wildman–Crippen MR) is 148 cm³/mol. The molecule has 7 rings (SSSR count). The van der Waals surface area contributed by atoms with Crippen molar-refractivity contribution in [2.75, 3.05) is 24.7 Å². The fourth-order valence-corrected chi connectivity index (χ4v) is 7.77. The van der Waals surface area contributed by atoms with E-state index < -0.39 is 66.0 Å². The van der Waals surface area contributed by atoms with E-state index in [0.29, 0.717) is 11.2 Å². The molecule has 7 atom stereocenters. The molecule has 2 bridgehead atoms. The van der Waals surface area contributed by atoms with Crippen molar-refractivity contribution in [3.8, 4) is 0 Å². The summed E-state index contributed by atoms with van der Waals surface area (Å²) in [6, 6.07) is -0.861. The van der Waals surface area contributed by atoms with Crippen LogP contribution in [-0.4, -0.2) is 89.9 Å². The van der Waals surface area contributed by atoms with Crippen LogP contribution in [0.5, 0.6) is 0 Å². The molecule has 0 saturated carbocycles. The number of nitrogens with two attached hydrogens (primary N) is 2. The minimum atomic E-state index is -4.34. The highest BCUT2D eigenvalue weighted by Gasteiger charge is 2.45. The van der Waals surface area contributed by atoms with Crippen LogP contribution in [0, 0.1) is 0 Å². The monoisotopic (exact) mass is 657 g/mol. The van der Waals surface area contributed by atoms with E-state index >= 15 is 0 Å². The highest BCUT2D eigenvalue weighted by Crippen LogP contribution is 2.50. The van der Waals surface area contributed by atoms with Gasteiger partial charge in [0, 0.05) is 12.8 Å². The van der Waals surface area contributed by atoms with Crippen LogP contribution in [0.3, 0.4) is 0 Å². The minimum absolute atomic E-state index is 0.0177. The summed E-state index contributed by atoms with van der Waals surface area (Å²) in [5.74, 6) is 0.0123. The molecule has 230 valence electrons. The maximum absolute atomic E-state index is 13.0. The number of anilines is 2. The predicted octanol–water partition coefficient (Wildman–Crippen LogP) is -1.45. The number of nitrogens with one attached hydrogen (secondary N) is 2. The fourth-order valence-electron chi connectivity index (χ4n) is 5.31. The van der Waals surface area contributed by atoms with Crippen LogP contribution < -0.4 is 21.7 Å². The van der Waals surface area contributed by atoms with Crippen molar-refractivity contribution in [1.82, 2.24) is 43.8 Å². The molecular weight excluding hydrogens is 633 g/mol. The van der Waals surface area contributed by atoms with Crippen LogP contribution in [0.25, 0.3) is 22.3 Å². The molecular formula is C20H24N11O9PS2. The highest BCUT2D eigenvalue weighted by atomic mass is 32.5. The van der Waals surface area contributed by atoms with Crippen LogP contribution in [0.4, 0.5) is 11.8 Å². The van der Waals surface area contributed by atoms with Crippen LogP contribution >= 0.6 is 6.72 Å². The zero-order valence-electron chi connectivity index (χ0n) is 21.8. The Balaban J connectivity index is 1.17. The number of hydrogen-bond donors (Lipinski definition) is 5. The number of rotatable bonds is 2. The van der Waals surface area contributed by atoms with E-state index in [9.17, 15) is 18.1 Å². The number of H-pyrrole nitrogens is 1. The van der Waals surface area contributed by atoms with Crippen LogP contribution in [0.15, 0.2) is 23.8 Å². The van der Waals surface area contributed by atoms with Crippen molar-refractivity contribution in [3.05, 3.63) is 29.3 Å². The third-order valence-electron chi connectivity index (χ3n) is 7.18. The van der Waals surface area contributed by atoms with Crippen LogP contribution in [-0.2, 0) is 44.8 Å². The van der Waals surface area contributed by atoms with Crippen molar-refractivity contribution in [2.45, 2.75) is 49.7 Å². The number of ether oxygens (including phenoxy) is 2. The number of nitrogens with zero attached hydrogens (tertiary/aromatic N) is 7. The van der Waals surface area contributed by atoms with Gasteiger partial charge in [-0.3, -0.25) is 23.1 Å². The van der Waals surface area contributed by atoms with Gasteiger partial charge in [0.05, 0.1) is 38.0 Å². The van der Waals surface area contributed by atoms with E-state index in [2.05, 4.69) is 34.6 Å². The van der Waals surface area contributed by atoms with Crippen molar-refractivity contribution < 1.29 is 36.0 Å². The third kappa shape index (κ3) is 5.39. The van der Waals surface area contributed by atoms with Gasteiger partial charge >= 0.3 is 17.0 Å². The third-order valence-corrected chi connectivity index (χ3v) is 9.80. The number of aromatic nitrogens is 8. The molecule has 3 fully saturated rings. The summed E-state index contributed by atoms with van der Waals surface area (Å²) >= 11 is 5.31. The lowest BCUT2D eigenvalue weighted by Crippen LogP contribution is -2.43. The van der Waals surface area contributed by atoms with Crippen molar-refractivity contribution in [3.63, 3.8) is 0 Å².